The Balaban J connectivity index is 0.784. The molecule has 3 saturated carbocycles. The van der Waals surface area contributed by atoms with Crippen molar-refractivity contribution < 1.29 is 28.7 Å². The number of hydrogen-bond acceptors (Lipinski definition) is 8. The van der Waals surface area contributed by atoms with E-state index in [9.17, 15) is 19.2 Å². The molecule has 0 spiro atoms. The molecular formula is C54H61N7O6. The molecule has 5 fully saturated rings. The van der Waals surface area contributed by atoms with Crippen LogP contribution < -0.4 is 10.6 Å². The number of benzene rings is 3. The summed E-state index contributed by atoms with van der Waals surface area (Å²) in [5, 5.41) is 5.55. The van der Waals surface area contributed by atoms with Gasteiger partial charge in [-0.15, -0.1) is 0 Å². The number of amides is 4. The second-order valence-corrected chi connectivity index (χ2v) is 20.8. The summed E-state index contributed by atoms with van der Waals surface area (Å²) in [4.78, 5) is 69.4. The van der Waals surface area contributed by atoms with E-state index in [4.69, 9.17) is 19.5 Å². The Labute approximate surface area is 392 Å². The van der Waals surface area contributed by atoms with Crippen LogP contribution in [0.5, 0.6) is 0 Å². The molecule has 3 N–H and O–H groups in total. The number of hydrogen-bond donors (Lipinski definition) is 3. The summed E-state index contributed by atoms with van der Waals surface area (Å²) in [6.07, 6.45) is 10.8. The number of aromatic nitrogens is 2. The molecule has 11 rings (SSSR count). The zero-order valence-corrected chi connectivity index (χ0v) is 39.3. The summed E-state index contributed by atoms with van der Waals surface area (Å²) in [7, 11) is 2.64. The van der Waals surface area contributed by atoms with Crippen LogP contribution in [-0.4, -0.2) is 93.9 Å². The molecule has 6 unspecified atom stereocenters. The van der Waals surface area contributed by atoms with Gasteiger partial charge < -0.3 is 34.9 Å². The van der Waals surface area contributed by atoms with Crippen molar-refractivity contribution in [3.8, 4) is 33.5 Å². The van der Waals surface area contributed by atoms with Crippen LogP contribution in [0.4, 0.5) is 9.59 Å². The third-order valence-electron chi connectivity index (χ3n) is 16.2. The summed E-state index contributed by atoms with van der Waals surface area (Å²) in [5.41, 5.74) is 13.4. The number of ether oxygens (including phenoxy) is 2. The van der Waals surface area contributed by atoms with Crippen LogP contribution in [0.1, 0.15) is 119 Å². The van der Waals surface area contributed by atoms with Gasteiger partial charge in [-0.3, -0.25) is 14.6 Å². The zero-order chi connectivity index (χ0) is 46.4. The molecule has 13 nitrogen and oxygen atoms in total. The number of nitrogens with zero attached hydrogens (tertiary/aromatic N) is 4. The number of H-pyrrole nitrogens is 1. The second-order valence-electron chi connectivity index (χ2n) is 20.8. The summed E-state index contributed by atoms with van der Waals surface area (Å²) in [6, 6.07) is 21.3. The first-order valence-electron chi connectivity index (χ1n) is 24.4. The number of fused-ring (bicyclic) bond motifs is 7. The van der Waals surface area contributed by atoms with Gasteiger partial charge in [0.1, 0.15) is 17.9 Å². The first-order chi connectivity index (χ1) is 32.4. The van der Waals surface area contributed by atoms with Crippen molar-refractivity contribution in [2.75, 3.05) is 14.2 Å². The van der Waals surface area contributed by atoms with Crippen LogP contribution in [0.3, 0.4) is 0 Å². The Morgan fingerprint density at radius 2 is 1.13 bits per heavy atom. The van der Waals surface area contributed by atoms with Crippen molar-refractivity contribution in [3.05, 3.63) is 95.6 Å². The number of alkyl carbamates (subject to hydrolysis) is 2. The second kappa shape index (κ2) is 16.8. The number of likely N-dealkylation sites (tertiary alicyclic amines) is 2. The van der Waals surface area contributed by atoms with E-state index in [2.05, 4.69) is 76.3 Å². The van der Waals surface area contributed by atoms with Crippen molar-refractivity contribution in [3.63, 3.8) is 0 Å². The molecule has 13 heteroatoms. The van der Waals surface area contributed by atoms with Gasteiger partial charge in [-0.1, -0.05) is 88.4 Å². The molecule has 0 radical (unpaired) electrons. The predicted octanol–water partition coefficient (Wildman–Crippen LogP) is 9.37. The van der Waals surface area contributed by atoms with E-state index in [1.165, 1.54) is 66.9 Å². The number of piperidine rings is 2. The average Bonchev–Trinajstić information content (AvgIpc) is 3.80. The van der Waals surface area contributed by atoms with Gasteiger partial charge >= 0.3 is 12.2 Å². The van der Waals surface area contributed by atoms with E-state index in [0.29, 0.717) is 30.1 Å². The third kappa shape index (κ3) is 7.62. The third-order valence-corrected chi connectivity index (χ3v) is 16.2. The highest BCUT2D eigenvalue weighted by Gasteiger charge is 2.57. The lowest BCUT2D eigenvalue weighted by atomic mass is 9.81. The molecule has 7 aliphatic rings. The van der Waals surface area contributed by atoms with Gasteiger partial charge in [0.2, 0.25) is 11.8 Å². The van der Waals surface area contributed by atoms with Crippen LogP contribution in [0.25, 0.3) is 39.1 Å². The minimum absolute atomic E-state index is 0.0451. The van der Waals surface area contributed by atoms with Crippen LogP contribution in [0, 0.1) is 23.7 Å². The molecule has 1 aromatic heterocycles. The van der Waals surface area contributed by atoms with E-state index in [1.807, 2.05) is 49.9 Å². The maximum atomic E-state index is 14.0. The largest absolute Gasteiger partial charge is 0.453 e. The van der Waals surface area contributed by atoms with Crippen LogP contribution in [0.15, 0.2) is 78.1 Å². The van der Waals surface area contributed by atoms with E-state index >= 15 is 0 Å². The molecule has 4 aliphatic carbocycles. The molecule has 3 aliphatic heterocycles. The Morgan fingerprint density at radius 1 is 0.642 bits per heavy atom. The normalized spacial score (nSPS) is 27.0. The number of aliphatic imine (C=N–C) groups is 1. The van der Waals surface area contributed by atoms with Gasteiger partial charge in [-0.2, -0.15) is 0 Å². The maximum absolute atomic E-state index is 14.0. The predicted molar refractivity (Wildman–Crippen MR) is 256 cm³/mol. The molecule has 10 atom stereocenters. The average molecular weight is 904 g/mol. The first-order valence-corrected chi connectivity index (χ1v) is 24.4. The lowest BCUT2D eigenvalue weighted by Gasteiger charge is -2.33. The lowest BCUT2D eigenvalue weighted by molar-refractivity contribution is -0.137. The number of carbonyl (C=O) groups excluding carboxylic acids is 4. The molecule has 4 heterocycles. The molecule has 4 amide bonds. The molecule has 348 valence electrons. The molecular weight excluding hydrogens is 843 g/mol. The number of carbonyl (C=O) groups is 4. The minimum atomic E-state index is -0.669. The van der Waals surface area contributed by atoms with Crippen molar-refractivity contribution in [2.45, 2.75) is 127 Å². The van der Waals surface area contributed by atoms with E-state index in [0.717, 1.165) is 59.6 Å². The number of rotatable bonds is 12. The fraction of sp³-hybridized carbons (Fsp3) is 0.481. The van der Waals surface area contributed by atoms with Crippen LogP contribution in [0.2, 0.25) is 0 Å². The Bertz CT molecular complexity index is 2700. The van der Waals surface area contributed by atoms with Gasteiger partial charge in [0.25, 0.3) is 0 Å². The monoisotopic (exact) mass is 903 g/mol. The van der Waals surface area contributed by atoms with Gasteiger partial charge in [-0.25, -0.2) is 14.6 Å². The molecule has 3 aromatic carbocycles. The van der Waals surface area contributed by atoms with E-state index < -0.39 is 24.3 Å². The number of aromatic amines is 1. The Morgan fingerprint density at radius 3 is 1.66 bits per heavy atom. The highest BCUT2D eigenvalue weighted by atomic mass is 16.5. The van der Waals surface area contributed by atoms with Crippen molar-refractivity contribution in [2.24, 2.45) is 28.7 Å². The Kier molecular flexibility index (Phi) is 10.9. The molecule has 4 aromatic rings. The fourth-order valence-corrected chi connectivity index (χ4v) is 12.5. The van der Waals surface area contributed by atoms with Gasteiger partial charge in [0.15, 0.2) is 0 Å². The SMILES string of the molecule is COC(=O)N[C@H](C(=O)N1C2CC2C[C@H]1C1=NC=C(c2ccc(-c3ccc(-c4ccc(-c5cnc([C@@H]6CC7CC7N6C(=O)[C@@H](NC(=O)OC)C(C)C)[nH]5)cc4)c4c3C3CCC4C3)cc2)C1)C(C)C. The van der Waals surface area contributed by atoms with Gasteiger partial charge in [0, 0.05) is 30.4 Å². The number of methoxy groups -OCH3 is 2. The van der Waals surface area contributed by atoms with E-state index in [-0.39, 0.29) is 47.8 Å². The summed E-state index contributed by atoms with van der Waals surface area (Å²) < 4.78 is 9.68. The van der Waals surface area contributed by atoms with Crippen LogP contribution >= 0.6 is 0 Å². The number of nitrogens with one attached hydrogen (secondary N) is 3. The van der Waals surface area contributed by atoms with Crippen molar-refractivity contribution in [1.82, 2.24) is 30.4 Å². The number of imidazole rings is 1. The fourth-order valence-electron chi connectivity index (χ4n) is 12.5. The summed E-state index contributed by atoms with van der Waals surface area (Å²) in [5.74, 6) is 2.56. The number of allylic oxidation sites excluding steroid dienone is 1. The van der Waals surface area contributed by atoms with Crippen LogP contribution in [-0.2, 0) is 19.1 Å². The standard InChI is InChI=1S/C54H61N7O6/c1-27(2)48(58-53(64)66-5)51(62)60-42-21-35(42)23-44(60)40-20-37(25-55-40)29-7-9-30(10-8-29)38-17-18-39(47-34-16-15-33(19-34)46(38)47)31-11-13-32(14-12-31)41-26-56-50(57-41)45-24-36-22-43(36)61(45)52(63)49(28(3)4)59-54(65)67-6/h7-14,17-18,25-28,33-36,42-45,48-49H,15-16,19-24H2,1-6H3,(H,56,57)(H,58,64)(H,59,65)/t33?,34?,35?,36?,42?,43?,44-,45-,48-,49-/m0/s1. The van der Waals surface area contributed by atoms with Crippen molar-refractivity contribution >= 4 is 35.3 Å². The lowest BCUT2D eigenvalue weighted by Crippen LogP contribution is -2.54. The summed E-state index contributed by atoms with van der Waals surface area (Å²) >= 11 is 0. The molecule has 2 saturated heterocycles. The smallest absolute Gasteiger partial charge is 0.407 e. The zero-order valence-electron chi connectivity index (χ0n) is 39.3. The highest BCUT2D eigenvalue weighted by Crippen LogP contribution is 2.59. The van der Waals surface area contributed by atoms with E-state index in [1.54, 1.807) is 0 Å². The Hall–Kier alpha value is -6.24. The highest BCUT2D eigenvalue weighted by molar-refractivity contribution is 6.04. The molecule has 67 heavy (non-hydrogen) atoms. The van der Waals surface area contributed by atoms with Gasteiger partial charge in [0.05, 0.1) is 38.2 Å². The first kappa shape index (κ1) is 43.3. The molecule has 2 bridgehead atoms. The van der Waals surface area contributed by atoms with Crippen molar-refractivity contribution in [1.29, 1.82) is 0 Å². The topological polar surface area (TPSA) is 158 Å². The van der Waals surface area contributed by atoms with Gasteiger partial charge in [-0.05, 0) is 131 Å². The summed E-state index contributed by atoms with van der Waals surface area (Å²) in [6.45, 7) is 7.78. The maximum Gasteiger partial charge on any atom is 0.407 e. The quantitative estimate of drug-likeness (QED) is 0.128. The minimum Gasteiger partial charge on any atom is -0.453 e.